The molecule has 1 heterocycles. The first-order valence-electron chi connectivity index (χ1n) is 6.45. The number of nitrogens with zero attached hydrogens (tertiary/aromatic N) is 1. The Hall–Kier alpha value is -1.19. The SMILES string of the molecule is COCCOc1ncccc1NC(=O)c1cc(Br)ccc1I. The molecule has 0 spiro atoms. The van der Waals surface area contributed by atoms with Gasteiger partial charge in [0.2, 0.25) is 5.88 Å². The lowest BCUT2D eigenvalue weighted by Crippen LogP contribution is -2.15. The minimum absolute atomic E-state index is 0.213. The van der Waals surface area contributed by atoms with Gasteiger partial charge in [0.15, 0.2) is 0 Å². The van der Waals surface area contributed by atoms with Crippen LogP contribution in [0.3, 0.4) is 0 Å². The van der Waals surface area contributed by atoms with Gasteiger partial charge in [-0.1, -0.05) is 15.9 Å². The van der Waals surface area contributed by atoms with Crippen molar-refractivity contribution in [3.8, 4) is 5.88 Å². The normalized spacial score (nSPS) is 10.3. The third-order valence-corrected chi connectivity index (χ3v) is 4.15. The maximum absolute atomic E-state index is 12.4. The summed E-state index contributed by atoms with van der Waals surface area (Å²) in [5, 5.41) is 2.83. The standard InChI is InChI=1S/C15H14BrIN2O3/c1-21-7-8-22-15-13(3-2-6-18-15)19-14(20)11-9-10(16)4-5-12(11)17/h2-6,9H,7-8H2,1H3,(H,19,20). The smallest absolute Gasteiger partial charge is 0.256 e. The molecule has 5 nitrogen and oxygen atoms in total. The zero-order chi connectivity index (χ0) is 15.9. The first kappa shape index (κ1) is 17.2. The highest BCUT2D eigenvalue weighted by molar-refractivity contribution is 14.1. The largest absolute Gasteiger partial charge is 0.474 e. The molecule has 116 valence electrons. The lowest BCUT2D eigenvalue weighted by molar-refractivity contribution is 0.102. The first-order valence-corrected chi connectivity index (χ1v) is 8.32. The molecule has 0 saturated carbocycles. The molecule has 22 heavy (non-hydrogen) atoms. The van der Waals surface area contributed by atoms with Gasteiger partial charge >= 0.3 is 0 Å². The van der Waals surface area contributed by atoms with Gasteiger partial charge in [0.05, 0.1) is 12.2 Å². The van der Waals surface area contributed by atoms with Crippen LogP contribution in [0.15, 0.2) is 41.0 Å². The predicted octanol–water partition coefficient (Wildman–Crippen LogP) is 3.73. The molecule has 0 bridgehead atoms. The molecule has 0 aliphatic rings. The number of anilines is 1. The van der Waals surface area contributed by atoms with Crippen molar-refractivity contribution in [3.05, 3.63) is 50.1 Å². The van der Waals surface area contributed by atoms with E-state index in [-0.39, 0.29) is 5.91 Å². The number of methoxy groups -OCH3 is 1. The monoisotopic (exact) mass is 476 g/mol. The lowest BCUT2D eigenvalue weighted by Gasteiger charge is -2.11. The van der Waals surface area contributed by atoms with E-state index in [0.717, 1.165) is 8.04 Å². The summed E-state index contributed by atoms with van der Waals surface area (Å²) < 4.78 is 12.2. The molecular formula is C15H14BrIN2O3. The van der Waals surface area contributed by atoms with E-state index < -0.39 is 0 Å². The topological polar surface area (TPSA) is 60.5 Å². The molecule has 1 amide bonds. The van der Waals surface area contributed by atoms with Crippen LogP contribution in [0.4, 0.5) is 5.69 Å². The molecular weight excluding hydrogens is 463 g/mol. The number of halogens is 2. The number of carbonyl (C=O) groups is 1. The average molecular weight is 477 g/mol. The van der Waals surface area contributed by atoms with E-state index in [1.807, 2.05) is 12.1 Å². The van der Waals surface area contributed by atoms with Crippen LogP contribution < -0.4 is 10.1 Å². The van der Waals surface area contributed by atoms with Crippen molar-refractivity contribution in [2.45, 2.75) is 0 Å². The molecule has 0 fully saturated rings. The second-order valence-electron chi connectivity index (χ2n) is 4.28. The fourth-order valence-electron chi connectivity index (χ4n) is 1.68. The van der Waals surface area contributed by atoms with Crippen LogP contribution in [0, 0.1) is 3.57 Å². The van der Waals surface area contributed by atoms with Gasteiger partial charge in [-0.2, -0.15) is 0 Å². The average Bonchev–Trinajstić information content (AvgIpc) is 2.51. The molecule has 0 aliphatic heterocycles. The molecule has 1 aromatic carbocycles. The van der Waals surface area contributed by atoms with Gasteiger partial charge in [-0.25, -0.2) is 4.98 Å². The van der Waals surface area contributed by atoms with Crippen LogP contribution in [-0.2, 0) is 4.74 Å². The molecule has 7 heteroatoms. The predicted molar refractivity (Wildman–Crippen MR) is 96.4 cm³/mol. The molecule has 1 N–H and O–H groups in total. The molecule has 1 aromatic heterocycles. The summed E-state index contributed by atoms with van der Waals surface area (Å²) in [6.07, 6.45) is 1.61. The number of hydrogen-bond acceptors (Lipinski definition) is 4. The van der Waals surface area contributed by atoms with Gasteiger partial charge < -0.3 is 14.8 Å². The highest BCUT2D eigenvalue weighted by Gasteiger charge is 2.14. The molecule has 0 radical (unpaired) electrons. The van der Waals surface area contributed by atoms with Gasteiger partial charge in [0.1, 0.15) is 12.3 Å². The Kier molecular flexibility index (Phi) is 6.59. The second kappa shape index (κ2) is 8.44. The third kappa shape index (κ3) is 4.65. The van der Waals surface area contributed by atoms with E-state index in [0.29, 0.717) is 30.3 Å². The van der Waals surface area contributed by atoms with Crippen molar-refractivity contribution >= 4 is 50.1 Å². The quantitative estimate of drug-likeness (QED) is 0.509. The van der Waals surface area contributed by atoms with Crippen molar-refractivity contribution in [1.29, 1.82) is 0 Å². The van der Waals surface area contributed by atoms with E-state index >= 15 is 0 Å². The highest BCUT2D eigenvalue weighted by atomic mass is 127. The van der Waals surface area contributed by atoms with E-state index in [4.69, 9.17) is 9.47 Å². The summed E-state index contributed by atoms with van der Waals surface area (Å²) in [6.45, 7) is 0.818. The van der Waals surface area contributed by atoms with E-state index in [1.165, 1.54) is 0 Å². The molecule has 2 aromatic rings. The Labute approximate surface area is 150 Å². The number of hydrogen-bond donors (Lipinski definition) is 1. The summed E-state index contributed by atoms with van der Waals surface area (Å²) in [5.41, 5.74) is 1.11. The number of nitrogens with one attached hydrogen (secondary N) is 1. The van der Waals surface area contributed by atoms with E-state index in [9.17, 15) is 4.79 Å². The molecule has 0 saturated heterocycles. The van der Waals surface area contributed by atoms with Crippen LogP contribution in [-0.4, -0.2) is 31.2 Å². The van der Waals surface area contributed by atoms with Gasteiger partial charge in [0.25, 0.3) is 5.91 Å². The van der Waals surface area contributed by atoms with Crippen LogP contribution >= 0.6 is 38.5 Å². The molecule has 0 atom stereocenters. The van der Waals surface area contributed by atoms with Crippen LogP contribution in [0.25, 0.3) is 0 Å². The Balaban J connectivity index is 2.16. The third-order valence-electron chi connectivity index (χ3n) is 2.72. The van der Waals surface area contributed by atoms with Crippen molar-refractivity contribution in [2.75, 3.05) is 25.6 Å². The van der Waals surface area contributed by atoms with Crippen molar-refractivity contribution < 1.29 is 14.3 Å². The Bertz CT molecular complexity index is 667. The maximum Gasteiger partial charge on any atom is 0.256 e. The summed E-state index contributed by atoms with van der Waals surface area (Å²) in [7, 11) is 1.60. The Morgan fingerprint density at radius 2 is 2.18 bits per heavy atom. The maximum atomic E-state index is 12.4. The highest BCUT2D eigenvalue weighted by Crippen LogP contribution is 2.24. The van der Waals surface area contributed by atoms with Crippen molar-refractivity contribution in [1.82, 2.24) is 4.98 Å². The van der Waals surface area contributed by atoms with Crippen LogP contribution in [0.5, 0.6) is 5.88 Å². The second-order valence-corrected chi connectivity index (χ2v) is 6.35. The zero-order valence-corrected chi connectivity index (χ0v) is 15.5. The number of amides is 1. The summed E-state index contributed by atoms with van der Waals surface area (Å²) in [4.78, 5) is 16.6. The fourth-order valence-corrected chi connectivity index (χ4v) is 2.63. The van der Waals surface area contributed by atoms with Gasteiger partial charge in [-0.05, 0) is 52.9 Å². The number of rotatable bonds is 6. The molecule has 2 rings (SSSR count). The van der Waals surface area contributed by atoms with E-state index in [1.54, 1.807) is 31.5 Å². The number of ether oxygens (including phenoxy) is 2. The minimum atomic E-state index is -0.213. The van der Waals surface area contributed by atoms with Crippen molar-refractivity contribution in [3.63, 3.8) is 0 Å². The van der Waals surface area contributed by atoms with E-state index in [2.05, 4.69) is 48.8 Å². The Morgan fingerprint density at radius 1 is 1.36 bits per heavy atom. The van der Waals surface area contributed by atoms with Crippen LogP contribution in [0.2, 0.25) is 0 Å². The summed E-state index contributed by atoms with van der Waals surface area (Å²) in [6, 6.07) is 9.03. The van der Waals surface area contributed by atoms with Gasteiger partial charge in [-0.15, -0.1) is 0 Å². The minimum Gasteiger partial charge on any atom is -0.474 e. The van der Waals surface area contributed by atoms with Gasteiger partial charge in [0, 0.05) is 21.3 Å². The molecule has 0 unspecified atom stereocenters. The summed E-state index contributed by atoms with van der Waals surface area (Å²) in [5.74, 6) is 0.160. The fraction of sp³-hybridized carbons (Fsp3) is 0.200. The number of pyridine rings is 1. The van der Waals surface area contributed by atoms with Gasteiger partial charge in [-0.3, -0.25) is 4.79 Å². The first-order chi connectivity index (χ1) is 10.6. The number of carbonyl (C=O) groups excluding carboxylic acids is 1. The summed E-state index contributed by atoms with van der Waals surface area (Å²) >= 11 is 5.50. The number of benzene rings is 1. The number of aromatic nitrogens is 1. The molecule has 0 aliphatic carbocycles. The van der Waals surface area contributed by atoms with Crippen molar-refractivity contribution in [2.24, 2.45) is 0 Å². The Morgan fingerprint density at radius 3 is 2.95 bits per heavy atom. The lowest BCUT2D eigenvalue weighted by atomic mass is 10.2. The zero-order valence-electron chi connectivity index (χ0n) is 11.8. The van der Waals surface area contributed by atoms with Crippen LogP contribution in [0.1, 0.15) is 10.4 Å².